The number of allylic oxidation sites excluding steroid dienone is 3. The van der Waals surface area contributed by atoms with Crippen LogP contribution in [-0.4, -0.2) is 22.9 Å². The van der Waals surface area contributed by atoms with Gasteiger partial charge in [0.15, 0.2) is 5.66 Å². The van der Waals surface area contributed by atoms with E-state index < -0.39 is 52.5 Å². The van der Waals surface area contributed by atoms with Crippen molar-refractivity contribution in [1.82, 2.24) is 0 Å². The summed E-state index contributed by atoms with van der Waals surface area (Å²) in [5.74, 6) is -2.19. The van der Waals surface area contributed by atoms with Crippen LogP contribution in [0.5, 0.6) is 0 Å². The van der Waals surface area contributed by atoms with Crippen molar-refractivity contribution in [3.05, 3.63) is 53.6 Å². The summed E-state index contributed by atoms with van der Waals surface area (Å²) < 4.78 is 82.0. The van der Waals surface area contributed by atoms with Crippen LogP contribution in [0, 0.1) is 5.41 Å². The molecule has 0 aromatic heterocycles. The zero-order valence-corrected chi connectivity index (χ0v) is 13.0. The highest BCUT2D eigenvalue weighted by Crippen LogP contribution is 2.57. The smallest absolute Gasteiger partial charge is 0.416 e. The van der Waals surface area contributed by atoms with Crippen LogP contribution in [0.4, 0.5) is 26.3 Å². The maximum Gasteiger partial charge on any atom is 0.416 e. The van der Waals surface area contributed by atoms with Crippen LogP contribution in [0.1, 0.15) is 17.5 Å². The molecule has 0 heterocycles. The summed E-state index contributed by atoms with van der Waals surface area (Å²) in [5.41, 5.74) is 0.698. The fourth-order valence-electron chi connectivity index (χ4n) is 3.02. The number of carboxylic acid groups (broad SMARTS) is 1. The molecule has 10 heteroatoms. The Balaban J connectivity index is 2.88. The molecule has 0 saturated heterocycles. The number of halogens is 6. The topological polar surface area (TPSA) is 89.3 Å². The van der Waals surface area contributed by atoms with Crippen LogP contribution in [0.15, 0.2) is 42.5 Å². The number of hydrogen-bond donors (Lipinski definition) is 3. The first kappa shape index (κ1) is 20.0. The van der Waals surface area contributed by atoms with Crippen molar-refractivity contribution in [2.24, 2.45) is 16.9 Å². The van der Waals surface area contributed by atoms with E-state index in [4.69, 9.17) is 11.5 Å². The van der Waals surface area contributed by atoms with Gasteiger partial charge in [0.05, 0.1) is 5.56 Å². The number of hydrogen-bond acceptors (Lipinski definition) is 3. The van der Waals surface area contributed by atoms with E-state index >= 15 is 0 Å². The second-order valence-electron chi connectivity index (χ2n) is 5.83. The average Bonchev–Trinajstić information content (AvgIpc) is 2.52. The Kier molecular flexibility index (Phi) is 4.71. The third-order valence-electron chi connectivity index (χ3n) is 4.35. The molecule has 4 nitrogen and oxygen atoms in total. The maximum atomic E-state index is 14.0. The number of nitrogens with two attached hydrogens (primary N) is 2. The van der Waals surface area contributed by atoms with Gasteiger partial charge in [0.1, 0.15) is 5.41 Å². The molecule has 0 fully saturated rings. The molecule has 26 heavy (non-hydrogen) atoms. The Morgan fingerprint density at radius 1 is 1.08 bits per heavy atom. The van der Waals surface area contributed by atoms with Gasteiger partial charge in [0, 0.05) is 0 Å². The van der Waals surface area contributed by atoms with Crippen LogP contribution in [0.3, 0.4) is 0 Å². The summed E-state index contributed by atoms with van der Waals surface area (Å²) in [4.78, 5) is 11.4. The van der Waals surface area contributed by atoms with Gasteiger partial charge in [0.2, 0.25) is 0 Å². The number of alkyl halides is 6. The largest absolute Gasteiger partial charge is 0.479 e. The average molecular weight is 380 g/mol. The van der Waals surface area contributed by atoms with Gasteiger partial charge in [-0.15, -0.1) is 0 Å². The monoisotopic (exact) mass is 380 g/mol. The van der Waals surface area contributed by atoms with Gasteiger partial charge in [0.25, 0.3) is 0 Å². The molecular formula is C16H14F6N2O2. The van der Waals surface area contributed by atoms with Crippen molar-refractivity contribution < 1.29 is 36.2 Å². The second kappa shape index (κ2) is 6.13. The van der Waals surface area contributed by atoms with E-state index in [0.29, 0.717) is 6.07 Å². The van der Waals surface area contributed by atoms with E-state index in [1.165, 1.54) is 0 Å². The van der Waals surface area contributed by atoms with Crippen LogP contribution in [0.25, 0.3) is 5.57 Å². The Morgan fingerprint density at radius 2 is 1.65 bits per heavy atom. The van der Waals surface area contributed by atoms with Crippen molar-refractivity contribution in [1.29, 1.82) is 0 Å². The first-order valence-electron chi connectivity index (χ1n) is 7.18. The molecule has 142 valence electrons. The minimum Gasteiger partial charge on any atom is -0.479 e. The van der Waals surface area contributed by atoms with Gasteiger partial charge < -0.3 is 16.6 Å². The summed E-state index contributed by atoms with van der Waals surface area (Å²) >= 11 is 0. The van der Waals surface area contributed by atoms with E-state index in [-0.39, 0.29) is 0 Å². The first-order valence-corrected chi connectivity index (χ1v) is 7.18. The number of benzene rings is 1. The molecule has 5 N–H and O–H groups in total. The molecule has 1 aliphatic rings. The Labute approximate surface area is 143 Å². The lowest BCUT2D eigenvalue weighted by molar-refractivity contribution is -0.226. The van der Waals surface area contributed by atoms with Crippen LogP contribution in [0.2, 0.25) is 0 Å². The first-order chi connectivity index (χ1) is 11.8. The summed E-state index contributed by atoms with van der Waals surface area (Å²) in [5, 5.41) is 9.19. The van der Waals surface area contributed by atoms with E-state index in [0.717, 1.165) is 36.4 Å². The predicted octanol–water partition coefficient (Wildman–Crippen LogP) is 3.30. The molecule has 0 amide bonds. The van der Waals surface area contributed by atoms with Crippen LogP contribution < -0.4 is 11.5 Å². The summed E-state index contributed by atoms with van der Waals surface area (Å²) in [6.45, 7) is 0. The quantitative estimate of drug-likeness (QED) is 0.555. The summed E-state index contributed by atoms with van der Waals surface area (Å²) in [7, 11) is 0. The molecule has 1 unspecified atom stereocenters. The maximum absolute atomic E-state index is 14.0. The lowest BCUT2D eigenvalue weighted by Gasteiger charge is -2.47. The molecule has 1 aromatic rings. The molecular weight excluding hydrogens is 366 g/mol. The summed E-state index contributed by atoms with van der Waals surface area (Å²) in [6.07, 6.45) is -8.50. The Hall–Kier alpha value is -2.33. The lowest BCUT2D eigenvalue weighted by atomic mass is 9.63. The Bertz CT molecular complexity index is 780. The molecule has 0 spiro atoms. The molecule has 0 bridgehead atoms. The summed E-state index contributed by atoms with van der Waals surface area (Å²) in [6, 6.07) is 3.55. The van der Waals surface area contributed by atoms with E-state index in [1.54, 1.807) is 0 Å². The van der Waals surface area contributed by atoms with Crippen molar-refractivity contribution in [3.8, 4) is 0 Å². The molecule has 0 aliphatic heterocycles. The number of aliphatic carboxylic acids is 1. The molecule has 0 radical (unpaired) electrons. The normalized spacial score (nSPS) is 21.5. The SMILES string of the molecule is NC(N)(C(=O)O)C1(C(F)(F)F)CC=CC=C1c1ccccc1C(F)(F)F. The van der Waals surface area contributed by atoms with Crippen molar-refractivity contribution in [2.75, 3.05) is 0 Å². The molecule has 2 rings (SSSR count). The fourth-order valence-corrected chi connectivity index (χ4v) is 3.02. The van der Waals surface area contributed by atoms with Crippen molar-refractivity contribution in [3.63, 3.8) is 0 Å². The van der Waals surface area contributed by atoms with E-state index in [1.807, 2.05) is 0 Å². The van der Waals surface area contributed by atoms with Crippen LogP contribution >= 0.6 is 0 Å². The Morgan fingerprint density at radius 3 is 2.15 bits per heavy atom. The van der Waals surface area contributed by atoms with Gasteiger partial charge in [-0.2, -0.15) is 26.3 Å². The standard InChI is InChI=1S/C16H14F6N2O2/c17-15(18,19)11-7-2-1-5-9(11)10-6-3-4-8-13(10,16(20,21)22)14(23,24)12(25)26/h1-7H,8,23-24H2,(H,25,26). The van der Waals surface area contributed by atoms with Gasteiger partial charge in [-0.3, -0.25) is 0 Å². The number of rotatable bonds is 3. The van der Waals surface area contributed by atoms with Gasteiger partial charge in [-0.1, -0.05) is 36.4 Å². The highest BCUT2D eigenvalue weighted by Gasteiger charge is 2.69. The second-order valence-corrected chi connectivity index (χ2v) is 5.83. The number of carbonyl (C=O) groups is 1. The van der Waals surface area contributed by atoms with Crippen LogP contribution in [-0.2, 0) is 11.0 Å². The highest BCUT2D eigenvalue weighted by molar-refractivity contribution is 5.88. The number of carboxylic acids is 1. The molecule has 1 aromatic carbocycles. The van der Waals surface area contributed by atoms with Gasteiger partial charge in [-0.05, 0) is 23.6 Å². The fraction of sp³-hybridized carbons (Fsp3) is 0.312. The minimum absolute atomic E-state index is 0.602. The molecule has 1 atom stereocenters. The van der Waals surface area contributed by atoms with Gasteiger partial charge >= 0.3 is 18.3 Å². The molecule has 0 saturated carbocycles. The lowest BCUT2D eigenvalue weighted by Crippen LogP contribution is -2.72. The zero-order chi connectivity index (χ0) is 20.0. The third-order valence-corrected chi connectivity index (χ3v) is 4.35. The van der Waals surface area contributed by atoms with Gasteiger partial charge in [-0.25, -0.2) is 4.79 Å². The zero-order valence-electron chi connectivity index (χ0n) is 13.0. The molecule has 1 aliphatic carbocycles. The third kappa shape index (κ3) is 2.88. The van der Waals surface area contributed by atoms with Crippen molar-refractivity contribution in [2.45, 2.75) is 24.4 Å². The highest BCUT2D eigenvalue weighted by atomic mass is 19.4. The minimum atomic E-state index is -5.34. The van der Waals surface area contributed by atoms with Crippen molar-refractivity contribution >= 4 is 11.5 Å². The predicted molar refractivity (Wildman–Crippen MR) is 80.4 cm³/mol. The van der Waals surface area contributed by atoms with E-state index in [2.05, 4.69) is 0 Å². The van der Waals surface area contributed by atoms with E-state index in [9.17, 15) is 36.2 Å².